The molecular formula is C23H21BrN2O4S2. The Morgan fingerprint density at radius 3 is 2.84 bits per heavy atom. The van der Waals surface area contributed by atoms with Crippen LogP contribution < -0.4 is 14.8 Å². The Morgan fingerprint density at radius 1 is 1.16 bits per heavy atom. The summed E-state index contributed by atoms with van der Waals surface area (Å²) < 4.78 is 12.2. The van der Waals surface area contributed by atoms with Gasteiger partial charge in [0.25, 0.3) is 5.91 Å². The summed E-state index contributed by atoms with van der Waals surface area (Å²) in [6.45, 7) is 0.767. The van der Waals surface area contributed by atoms with Gasteiger partial charge in [0, 0.05) is 23.1 Å². The first-order valence-corrected chi connectivity index (χ1v) is 12.2. The number of unbranched alkanes of at least 4 members (excludes halogenated alkanes) is 2. The monoisotopic (exact) mass is 532 g/mol. The molecule has 2 amide bonds. The van der Waals surface area contributed by atoms with E-state index in [0.717, 1.165) is 35.0 Å². The van der Waals surface area contributed by atoms with Gasteiger partial charge in [0.05, 0.1) is 4.91 Å². The van der Waals surface area contributed by atoms with E-state index in [1.165, 1.54) is 11.8 Å². The lowest BCUT2D eigenvalue weighted by Gasteiger charge is -2.14. The summed E-state index contributed by atoms with van der Waals surface area (Å²) in [5, 5.41) is 2.89. The predicted octanol–water partition coefficient (Wildman–Crippen LogP) is 5.58. The summed E-state index contributed by atoms with van der Waals surface area (Å²) in [6, 6.07) is 13.1. The summed E-state index contributed by atoms with van der Waals surface area (Å²) >= 11 is 10.1. The highest BCUT2D eigenvalue weighted by molar-refractivity contribution is 9.10. The van der Waals surface area contributed by atoms with Crippen molar-refractivity contribution in [2.24, 2.45) is 0 Å². The molecule has 0 aromatic heterocycles. The van der Waals surface area contributed by atoms with Crippen molar-refractivity contribution in [3.63, 3.8) is 0 Å². The molecule has 0 aliphatic carbocycles. The maximum Gasteiger partial charge on any atom is 0.266 e. The molecule has 166 valence electrons. The van der Waals surface area contributed by atoms with Gasteiger partial charge < -0.3 is 14.8 Å². The number of thioether (sulfide) groups is 1. The van der Waals surface area contributed by atoms with Crippen LogP contribution in [0.25, 0.3) is 6.08 Å². The average Bonchev–Trinajstić information content (AvgIpc) is 3.32. The van der Waals surface area contributed by atoms with Gasteiger partial charge in [-0.25, -0.2) is 0 Å². The maximum absolute atomic E-state index is 12.8. The topological polar surface area (TPSA) is 67.9 Å². The van der Waals surface area contributed by atoms with E-state index in [2.05, 4.69) is 21.2 Å². The molecule has 2 aliphatic heterocycles. The number of halogens is 1. The molecule has 1 N–H and O–H groups in total. The van der Waals surface area contributed by atoms with Gasteiger partial charge in [0.2, 0.25) is 12.7 Å². The van der Waals surface area contributed by atoms with E-state index in [1.807, 2.05) is 48.5 Å². The van der Waals surface area contributed by atoms with Crippen molar-refractivity contribution in [3.05, 3.63) is 57.4 Å². The van der Waals surface area contributed by atoms with E-state index in [0.29, 0.717) is 33.7 Å². The van der Waals surface area contributed by atoms with E-state index in [1.54, 1.807) is 4.90 Å². The van der Waals surface area contributed by atoms with Gasteiger partial charge >= 0.3 is 0 Å². The molecule has 0 atom stereocenters. The number of amides is 2. The highest BCUT2D eigenvalue weighted by Crippen LogP contribution is 2.36. The summed E-state index contributed by atoms with van der Waals surface area (Å²) in [5.74, 6) is 1.30. The molecule has 2 aliphatic rings. The quantitative estimate of drug-likeness (QED) is 0.272. The minimum absolute atomic E-state index is 0.0135. The molecule has 0 radical (unpaired) electrons. The first kappa shape index (κ1) is 22.8. The largest absolute Gasteiger partial charge is 0.454 e. The Morgan fingerprint density at radius 2 is 2.00 bits per heavy atom. The molecule has 0 unspecified atom stereocenters. The number of thiocarbonyl (C=S) groups is 1. The Hall–Kier alpha value is -2.36. The van der Waals surface area contributed by atoms with Gasteiger partial charge in [-0.3, -0.25) is 14.5 Å². The molecule has 2 aromatic rings. The lowest BCUT2D eigenvalue weighted by atomic mass is 10.1. The van der Waals surface area contributed by atoms with Crippen molar-refractivity contribution >= 4 is 67.8 Å². The Balaban J connectivity index is 1.22. The first-order valence-electron chi connectivity index (χ1n) is 10.2. The SMILES string of the molecule is O=C(CCCCCN1C(=O)/C(=C/c2ccc3c(c2)OCO3)SC1=S)Nc1cccc(Br)c1. The molecule has 1 saturated heterocycles. The van der Waals surface area contributed by atoms with Crippen molar-refractivity contribution in [1.82, 2.24) is 4.90 Å². The predicted molar refractivity (Wildman–Crippen MR) is 134 cm³/mol. The van der Waals surface area contributed by atoms with Gasteiger partial charge in [0.1, 0.15) is 4.32 Å². The molecule has 6 nitrogen and oxygen atoms in total. The second kappa shape index (κ2) is 10.5. The number of nitrogens with zero attached hydrogens (tertiary/aromatic N) is 1. The van der Waals surface area contributed by atoms with Gasteiger partial charge in [-0.2, -0.15) is 0 Å². The number of carbonyl (C=O) groups is 2. The third kappa shape index (κ3) is 5.70. The van der Waals surface area contributed by atoms with Crippen molar-refractivity contribution in [1.29, 1.82) is 0 Å². The number of fused-ring (bicyclic) bond motifs is 1. The molecule has 0 bridgehead atoms. The zero-order valence-electron chi connectivity index (χ0n) is 17.1. The summed E-state index contributed by atoms with van der Waals surface area (Å²) in [5.41, 5.74) is 1.64. The second-order valence-corrected chi connectivity index (χ2v) is 9.91. The maximum atomic E-state index is 12.8. The molecule has 9 heteroatoms. The molecule has 2 aromatic carbocycles. The fraction of sp³-hybridized carbons (Fsp3) is 0.261. The number of hydrogen-bond acceptors (Lipinski definition) is 6. The highest BCUT2D eigenvalue weighted by Gasteiger charge is 2.31. The molecule has 0 saturated carbocycles. The molecule has 1 fully saturated rings. The lowest BCUT2D eigenvalue weighted by Crippen LogP contribution is -2.29. The molecule has 0 spiro atoms. The third-order valence-electron chi connectivity index (χ3n) is 4.96. The van der Waals surface area contributed by atoms with Crippen LogP contribution in [0.3, 0.4) is 0 Å². The van der Waals surface area contributed by atoms with Crippen molar-refractivity contribution in [2.75, 3.05) is 18.7 Å². The number of rotatable bonds is 8. The van der Waals surface area contributed by atoms with Crippen LogP contribution in [0.1, 0.15) is 31.2 Å². The van der Waals surface area contributed by atoms with Crippen molar-refractivity contribution < 1.29 is 19.1 Å². The average molecular weight is 533 g/mol. The van der Waals surface area contributed by atoms with Crippen LogP contribution in [-0.4, -0.2) is 34.4 Å². The smallest absolute Gasteiger partial charge is 0.266 e. The minimum atomic E-state index is -0.0786. The van der Waals surface area contributed by atoms with Crippen LogP contribution in [0.15, 0.2) is 51.8 Å². The van der Waals surface area contributed by atoms with Gasteiger partial charge in [-0.15, -0.1) is 0 Å². The van der Waals surface area contributed by atoms with E-state index in [9.17, 15) is 9.59 Å². The fourth-order valence-corrected chi connectivity index (χ4v) is 5.08. The molecule has 2 heterocycles. The highest BCUT2D eigenvalue weighted by atomic mass is 79.9. The standard InChI is InChI=1S/C23H21BrN2O4S2/c24-16-5-4-6-17(13-16)25-21(27)7-2-1-3-10-26-22(28)20(32-23(26)31)12-15-8-9-18-19(11-15)30-14-29-18/h4-6,8-9,11-13H,1-3,7,10,14H2,(H,25,27)/b20-12-. The molecular weight excluding hydrogens is 512 g/mol. The zero-order chi connectivity index (χ0) is 22.5. The summed E-state index contributed by atoms with van der Waals surface area (Å²) in [4.78, 5) is 27.1. The Kier molecular flexibility index (Phi) is 7.49. The van der Waals surface area contributed by atoms with Crippen LogP contribution in [0.4, 0.5) is 5.69 Å². The first-order chi connectivity index (χ1) is 15.5. The minimum Gasteiger partial charge on any atom is -0.454 e. The van der Waals surface area contributed by atoms with Crippen LogP contribution in [-0.2, 0) is 9.59 Å². The van der Waals surface area contributed by atoms with Crippen LogP contribution in [0.5, 0.6) is 11.5 Å². The van der Waals surface area contributed by atoms with E-state index in [4.69, 9.17) is 21.7 Å². The number of nitrogens with one attached hydrogen (secondary N) is 1. The van der Waals surface area contributed by atoms with Crippen LogP contribution in [0, 0.1) is 0 Å². The zero-order valence-corrected chi connectivity index (χ0v) is 20.4. The number of hydrogen-bond donors (Lipinski definition) is 1. The van der Waals surface area contributed by atoms with Crippen molar-refractivity contribution in [2.45, 2.75) is 25.7 Å². The van der Waals surface area contributed by atoms with Gasteiger partial charge in [-0.05, 0) is 54.8 Å². The van der Waals surface area contributed by atoms with E-state index in [-0.39, 0.29) is 18.6 Å². The number of benzene rings is 2. The van der Waals surface area contributed by atoms with Crippen LogP contribution in [0.2, 0.25) is 0 Å². The lowest BCUT2D eigenvalue weighted by molar-refractivity contribution is -0.122. The molecule has 32 heavy (non-hydrogen) atoms. The Labute approximate surface area is 204 Å². The Bertz CT molecular complexity index is 1090. The molecule has 4 rings (SSSR count). The fourth-order valence-electron chi connectivity index (χ4n) is 3.37. The number of ether oxygens (including phenoxy) is 2. The summed E-state index contributed by atoms with van der Waals surface area (Å²) in [7, 11) is 0. The van der Waals surface area contributed by atoms with Crippen molar-refractivity contribution in [3.8, 4) is 11.5 Å². The third-order valence-corrected chi connectivity index (χ3v) is 6.83. The second-order valence-electron chi connectivity index (χ2n) is 7.32. The van der Waals surface area contributed by atoms with E-state index < -0.39 is 0 Å². The summed E-state index contributed by atoms with van der Waals surface area (Å²) in [6.07, 6.45) is 4.64. The van der Waals surface area contributed by atoms with E-state index >= 15 is 0 Å². The van der Waals surface area contributed by atoms with Gasteiger partial charge in [-0.1, -0.05) is 58.5 Å². The normalized spacial score (nSPS) is 16.2. The van der Waals surface area contributed by atoms with Gasteiger partial charge in [0.15, 0.2) is 11.5 Å². The number of carbonyl (C=O) groups excluding carboxylic acids is 2. The number of anilines is 1. The van der Waals surface area contributed by atoms with Crippen LogP contribution >= 0.6 is 39.9 Å².